The van der Waals surface area contributed by atoms with Crippen molar-refractivity contribution in [2.45, 2.75) is 38.8 Å². The van der Waals surface area contributed by atoms with Crippen molar-refractivity contribution in [3.8, 4) is 22.4 Å². The van der Waals surface area contributed by atoms with Gasteiger partial charge in [-0.25, -0.2) is 9.48 Å². The molecule has 1 aliphatic carbocycles. The Kier molecular flexibility index (Phi) is 9.58. The zero-order valence-electron chi connectivity index (χ0n) is 25.2. The second kappa shape index (κ2) is 14.0. The van der Waals surface area contributed by atoms with Crippen LogP contribution in [0.5, 0.6) is 0 Å². The van der Waals surface area contributed by atoms with Gasteiger partial charge in [0.1, 0.15) is 5.69 Å². The third kappa shape index (κ3) is 7.49. The van der Waals surface area contributed by atoms with Gasteiger partial charge in [0.2, 0.25) is 0 Å². The molecule has 1 aliphatic rings. The lowest BCUT2D eigenvalue weighted by atomic mass is 9.99. The average molecular weight is 688 g/mol. The Morgan fingerprint density at radius 2 is 1.60 bits per heavy atom. The molecule has 2 heterocycles. The summed E-state index contributed by atoms with van der Waals surface area (Å²) >= 11 is 18.5. The van der Waals surface area contributed by atoms with E-state index in [1.54, 1.807) is 49.5 Å². The Morgan fingerprint density at radius 1 is 0.851 bits per heavy atom. The van der Waals surface area contributed by atoms with Crippen LogP contribution in [0.1, 0.15) is 47.2 Å². The van der Waals surface area contributed by atoms with E-state index in [0.717, 1.165) is 40.7 Å². The second-order valence-electron chi connectivity index (χ2n) is 11.1. The van der Waals surface area contributed by atoms with Crippen molar-refractivity contribution in [3.63, 3.8) is 0 Å². The minimum Gasteiger partial charge on any atom is -0.348 e. The molecule has 2 aromatic heterocycles. The Balaban J connectivity index is 1.22. The standard InChI is InChI=1S/C35H29Cl3N6O3/c1-2-44-34(46)31(41-35(47)42-32-26(21-10-11-21)18-39-19-29(32)38)16-30(43-44)24-7-3-5-22(14-24)23-6-4-8-25(15-23)33(45)40-17-20-9-12-27(36)28(37)13-20/h3-9,12-16,18-19,21H,2,10-11,17H2,1H3,(H,40,45)(H2,39,41,42,47). The number of aryl methyl sites for hydroxylation is 1. The summed E-state index contributed by atoms with van der Waals surface area (Å²) in [5, 5.41) is 14.2. The highest BCUT2D eigenvalue weighted by atomic mass is 35.5. The van der Waals surface area contributed by atoms with Crippen LogP contribution < -0.4 is 21.5 Å². The molecule has 0 saturated heterocycles. The molecule has 0 unspecified atom stereocenters. The first-order valence-corrected chi connectivity index (χ1v) is 16.1. The number of urea groups is 1. The van der Waals surface area contributed by atoms with Crippen LogP contribution in [0.15, 0.2) is 90.0 Å². The third-order valence-electron chi connectivity index (χ3n) is 7.76. The first-order valence-electron chi connectivity index (χ1n) is 15.0. The normalized spacial score (nSPS) is 12.4. The first-order chi connectivity index (χ1) is 22.7. The SMILES string of the molecule is CCn1nc(-c2cccc(-c3cccc(C(=O)NCc4ccc(Cl)c(Cl)c4)c3)c2)cc(NC(=O)Nc2c(Cl)cncc2C2CC2)c1=O. The minimum absolute atomic E-state index is 0.0681. The molecule has 12 heteroatoms. The van der Waals surface area contributed by atoms with Crippen molar-refractivity contribution in [2.24, 2.45) is 0 Å². The summed E-state index contributed by atoms with van der Waals surface area (Å²) in [6.45, 7) is 2.39. The lowest BCUT2D eigenvalue weighted by Gasteiger charge is -2.14. The second-order valence-corrected chi connectivity index (χ2v) is 12.3. The van der Waals surface area contributed by atoms with Crippen LogP contribution in [-0.2, 0) is 13.1 Å². The summed E-state index contributed by atoms with van der Waals surface area (Å²) in [6.07, 6.45) is 5.19. The number of hydrogen-bond acceptors (Lipinski definition) is 5. The van der Waals surface area contributed by atoms with Crippen molar-refractivity contribution in [2.75, 3.05) is 10.6 Å². The summed E-state index contributed by atoms with van der Waals surface area (Å²) in [6, 6.07) is 21.0. The molecule has 0 radical (unpaired) electrons. The zero-order chi connectivity index (χ0) is 33.1. The quantitative estimate of drug-likeness (QED) is 0.144. The number of nitrogens with zero attached hydrogens (tertiary/aromatic N) is 3. The summed E-state index contributed by atoms with van der Waals surface area (Å²) in [5.74, 6) is 0.0646. The van der Waals surface area contributed by atoms with Crippen LogP contribution in [0, 0.1) is 0 Å². The predicted octanol–water partition coefficient (Wildman–Crippen LogP) is 8.40. The number of aromatic nitrogens is 3. The number of halogens is 3. The van der Waals surface area contributed by atoms with Gasteiger partial charge in [0.25, 0.3) is 11.5 Å². The fourth-order valence-electron chi connectivity index (χ4n) is 5.17. The number of amides is 3. The van der Waals surface area contributed by atoms with E-state index in [2.05, 4.69) is 26.0 Å². The molecule has 1 saturated carbocycles. The van der Waals surface area contributed by atoms with Gasteiger partial charge in [-0.2, -0.15) is 5.10 Å². The molecule has 3 N–H and O–H groups in total. The lowest BCUT2D eigenvalue weighted by molar-refractivity contribution is 0.0951. The highest BCUT2D eigenvalue weighted by Crippen LogP contribution is 2.45. The average Bonchev–Trinajstić information content (AvgIpc) is 3.93. The highest BCUT2D eigenvalue weighted by Gasteiger charge is 2.28. The van der Waals surface area contributed by atoms with Gasteiger partial charge < -0.3 is 16.0 Å². The molecule has 238 valence electrons. The van der Waals surface area contributed by atoms with E-state index in [1.165, 1.54) is 10.9 Å². The monoisotopic (exact) mass is 686 g/mol. The van der Waals surface area contributed by atoms with Gasteiger partial charge in [-0.3, -0.25) is 14.6 Å². The first kappa shape index (κ1) is 32.2. The van der Waals surface area contributed by atoms with Gasteiger partial charge >= 0.3 is 6.03 Å². The molecule has 1 fully saturated rings. The van der Waals surface area contributed by atoms with E-state index < -0.39 is 11.6 Å². The Labute approximate surface area is 285 Å². The summed E-state index contributed by atoms with van der Waals surface area (Å²) in [4.78, 5) is 43.4. The Morgan fingerprint density at radius 3 is 2.34 bits per heavy atom. The molecule has 0 aliphatic heterocycles. The van der Waals surface area contributed by atoms with Gasteiger partial charge in [0.05, 0.1) is 26.4 Å². The van der Waals surface area contributed by atoms with E-state index in [9.17, 15) is 14.4 Å². The van der Waals surface area contributed by atoms with Crippen molar-refractivity contribution in [3.05, 3.63) is 127 Å². The van der Waals surface area contributed by atoms with Gasteiger partial charge in [-0.15, -0.1) is 0 Å². The van der Waals surface area contributed by atoms with Crippen LogP contribution in [0.2, 0.25) is 15.1 Å². The summed E-state index contributed by atoms with van der Waals surface area (Å²) in [7, 11) is 0. The van der Waals surface area contributed by atoms with Crippen LogP contribution >= 0.6 is 34.8 Å². The number of anilines is 2. The van der Waals surface area contributed by atoms with Crippen LogP contribution in [0.3, 0.4) is 0 Å². The maximum absolute atomic E-state index is 13.2. The van der Waals surface area contributed by atoms with Gasteiger partial charge in [0, 0.05) is 36.6 Å². The fraction of sp³-hybridized carbons (Fsp3) is 0.171. The highest BCUT2D eigenvalue weighted by molar-refractivity contribution is 6.42. The van der Waals surface area contributed by atoms with E-state index >= 15 is 0 Å². The lowest BCUT2D eigenvalue weighted by Crippen LogP contribution is -2.30. The zero-order valence-corrected chi connectivity index (χ0v) is 27.5. The van der Waals surface area contributed by atoms with Crippen LogP contribution in [0.4, 0.5) is 16.2 Å². The number of carbonyl (C=O) groups excluding carboxylic acids is 2. The number of benzene rings is 3. The van der Waals surface area contributed by atoms with E-state index in [-0.39, 0.29) is 11.6 Å². The van der Waals surface area contributed by atoms with Crippen molar-refractivity contribution in [1.82, 2.24) is 20.1 Å². The smallest absolute Gasteiger partial charge is 0.323 e. The van der Waals surface area contributed by atoms with Crippen molar-refractivity contribution in [1.29, 1.82) is 0 Å². The number of nitrogens with one attached hydrogen (secondary N) is 3. The third-order valence-corrected chi connectivity index (χ3v) is 8.79. The fourth-order valence-corrected chi connectivity index (χ4v) is 5.71. The predicted molar refractivity (Wildman–Crippen MR) is 187 cm³/mol. The van der Waals surface area contributed by atoms with E-state index in [1.807, 2.05) is 36.4 Å². The van der Waals surface area contributed by atoms with E-state index in [4.69, 9.17) is 34.8 Å². The summed E-state index contributed by atoms with van der Waals surface area (Å²) in [5.41, 5.74) is 5.17. The topological polar surface area (TPSA) is 118 Å². The van der Waals surface area contributed by atoms with Crippen molar-refractivity contribution >= 4 is 58.1 Å². The maximum Gasteiger partial charge on any atom is 0.323 e. The molecule has 0 spiro atoms. The molecular weight excluding hydrogens is 659 g/mol. The van der Waals surface area contributed by atoms with Crippen LogP contribution in [0.25, 0.3) is 22.4 Å². The molecule has 3 amide bonds. The largest absolute Gasteiger partial charge is 0.348 e. The molecule has 3 aromatic carbocycles. The molecule has 9 nitrogen and oxygen atoms in total. The Bertz CT molecular complexity index is 2060. The van der Waals surface area contributed by atoms with E-state index in [0.29, 0.717) is 51.0 Å². The molecule has 0 atom stereocenters. The number of carbonyl (C=O) groups is 2. The number of pyridine rings is 1. The van der Waals surface area contributed by atoms with Gasteiger partial charge in [-0.05, 0) is 84.3 Å². The Hall–Kier alpha value is -4.70. The molecule has 47 heavy (non-hydrogen) atoms. The molecule has 6 rings (SSSR count). The minimum atomic E-state index is -0.597. The summed E-state index contributed by atoms with van der Waals surface area (Å²) < 4.78 is 1.30. The van der Waals surface area contributed by atoms with Gasteiger partial charge in [-0.1, -0.05) is 71.2 Å². The van der Waals surface area contributed by atoms with Gasteiger partial charge in [0.15, 0.2) is 0 Å². The van der Waals surface area contributed by atoms with Crippen LogP contribution in [-0.4, -0.2) is 26.7 Å². The molecule has 0 bridgehead atoms. The van der Waals surface area contributed by atoms with Crippen molar-refractivity contribution < 1.29 is 9.59 Å². The molecule has 5 aromatic rings. The number of hydrogen-bond donors (Lipinski definition) is 3. The maximum atomic E-state index is 13.2. The molecular formula is C35H29Cl3N6O3. The number of rotatable bonds is 9.